The van der Waals surface area contributed by atoms with Gasteiger partial charge in [-0.25, -0.2) is 0 Å². The Morgan fingerprint density at radius 3 is 2.84 bits per heavy atom. The van der Waals surface area contributed by atoms with Gasteiger partial charge in [-0.05, 0) is 62.9 Å². The van der Waals surface area contributed by atoms with Gasteiger partial charge >= 0.3 is 0 Å². The summed E-state index contributed by atoms with van der Waals surface area (Å²) < 4.78 is 0. The lowest BCUT2D eigenvalue weighted by atomic mass is 10.0. The molecule has 0 bridgehead atoms. The van der Waals surface area contributed by atoms with E-state index in [0.29, 0.717) is 5.25 Å². The number of rotatable bonds is 4. The number of hydrogen-bond donors (Lipinski definition) is 1. The van der Waals surface area contributed by atoms with Crippen LogP contribution in [0.25, 0.3) is 0 Å². The molecule has 1 aliphatic carbocycles. The number of benzene rings is 1. The maximum Gasteiger partial charge on any atom is 0.107 e. The second-order valence-electron chi connectivity index (χ2n) is 5.45. The first-order chi connectivity index (χ1) is 9.08. The molecule has 0 aliphatic heterocycles. The SMILES string of the molecule is CCNC1(C#N)CCC(Sc2ccc(C)c(C)c2)C1. The molecule has 2 atom stereocenters. The number of nitrogens with zero attached hydrogens (tertiary/aromatic N) is 1. The van der Waals surface area contributed by atoms with Gasteiger partial charge in [-0.2, -0.15) is 5.26 Å². The predicted octanol–water partition coefficient (Wildman–Crippen LogP) is 3.82. The quantitative estimate of drug-likeness (QED) is 0.906. The lowest BCUT2D eigenvalue weighted by molar-refractivity contribution is 0.436. The zero-order chi connectivity index (χ0) is 13.9. The summed E-state index contributed by atoms with van der Waals surface area (Å²) in [5.41, 5.74) is 2.41. The van der Waals surface area contributed by atoms with Crippen LogP contribution in [0.3, 0.4) is 0 Å². The van der Waals surface area contributed by atoms with E-state index in [1.165, 1.54) is 16.0 Å². The van der Waals surface area contributed by atoms with Crippen molar-refractivity contribution in [2.24, 2.45) is 0 Å². The molecule has 0 amide bonds. The molecule has 1 aromatic rings. The van der Waals surface area contributed by atoms with Gasteiger partial charge in [0.05, 0.1) is 6.07 Å². The molecule has 1 saturated carbocycles. The fourth-order valence-corrected chi connectivity index (χ4v) is 4.10. The van der Waals surface area contributed by atoms with E-state index < -0.39 is 0 Å². The molecule has 1 aliphatic rings. The maximum atomic E-state index is 9.39. The van der Waals surface area contributed by atoms with Crippen molar-refractivity contribution in [1.82, 2.24) is 5.32 Å². The molecular weight excluding hydrogens is 252 g/mol. The largest absolute Gasteiger partial charge is 0.300 e. The molecule has 0 aromatic heterocycles. The van der Waals surface area contributed by atoms with Gasteiger partial charge < -0.3 is 0 Å². The van der Waals surface area contributed by atoms with Gasteiger partial charge in [-0.1, -0.05) is 13.0 Å². The van der Waals surface area contributed by atoms with Crippen LogP contribution in [0.4, 0.5) is 0 Å². The van der Waals surface area contributed by atoms with E-state index in [9.17, 15) is 5.26 Å². The minimum atomic E-state index is -0.286. The molecule has 2 nitrogen and oxygen atoms in total. The summed E-state index contributed by atoms with van der Waals surface area (Å²) in [6.07, 6.45) is 3.05. The fraction of sp³-hybridized carbons (Fsp3) is 0.562. The van der Waals surface area contributed by atoms with E-state index in [2.05, 4.69) is 50.4 Å². The van der Waals surface area contributed by atoms with Gasteiger partial charge in [-0.15, -0.1) is 11.8 Å². The van der Waals surface area contributed by atoms with Gasteiger partial charge in [0.2, 0.25) is 0 Å². The van der Waals surface area contributed by atoms with Crippen LogP contribution < -0.4 is 5.32 Å². The molecule has 0 saturated heterocycles. The lowest BCUT2D eigenvalue weighted by Gasteiger charge is -2.21. The van der Waals surface area contributed by atoms with E-state index in [0.717, 1.165) is 25.8 Å². The van der Waals surface area contributed by atoms with Crippen molar-refractivity contribution >= 4 is 11.8 Å². The molecule has 1 aromatic carbocycles. The van der Waals surface area contributed by atoms with Crippen molar-refractivity contribution in [3.05, 3.63) is 29.3 Å². The molecule has 0 heterocycles. The zero-order valence-electron chi connectivity index (χ0n) is 12.0. The van der Waals surface area contributed by atoms with E-state index in [-0.39, 0.29) is 5.54 Å². The maximum absolute atomic E-state index is 9.39. The first kappa shape index (κ1) is 14.4. The molecule has 19 heavy (non-hydrogen) atoms. The summed E-state index contributed by atoms with van der Waals surface area (Å²) in [7, 11) is 0. The predicted molar refractivity (Wildman–Crippen MR) is 81.4 cm³/mol. The molecule has 3 heteroatoms. The second-order valence-corrected chi connectivity index (χ2v) is 6.83. The summed E-state index contributed by atoms with van der Waals surface area (Å²) in [5, 5.41) is 13.3. The molecular formula is C16H22N2S. The van der Waals surface area contributed by atoms with Crippen LogP contribution in [0.2, 0.25) is 0 Å². The molecule has 1 fully saturated rings. The standard InChI is InChI=1S/C16H22N2S/c1-4-18-16(11-17)8-7-15(10-16)19-14-6-5-12(2)13(3)9-14/h5-6,9,15,18H,4,7-8,10H2,1-3H3. The van der Waals surface area contributed by atoms with Crippen molar-refractivity contribution in [2.45, 2.75) is 55.7 Å². The molecule has 2 unspecified atom stereocenters. The lowest BCUT2D eigenvalue weighted by Crippen LogP contribution is -2.41. The topological polar surface area (TPSA) is 35.8 Å². The van der Waals surface area contributed by atoms with E-state index in [1.807, 2.05) is 11.8 Å². The van der Waals surface area contributed by atoms with E-state index in [1.54, 1.807) is 0 Å². The monoisotopic (exact) mass is 274 g/mol. The van der Waals surface area contributed by atoms with Gasteiger partial charge in [0.25, 0.3) is 0 Å². The summed E-state index contributed by atoms with van der Waals surface area (Å²) in [4.78, 5) is 1.33. The Balaban J connectivity index is 2.02. The minimum absolute atomic E-state index is 0.286. The summed E-state index contributed by atoms with van der Waals surface area (Å²) in [6.45, 7) is 7.24. The van der Waals surface area contributed by atoms with Crippen molar-refractivity contribution in [3.63, 3.8) is 0 Å². The van der Waals surface area contributed by atoms with Gasteiger partial charge in [-0.3, -0.25) is 5.32 Å². The van der Waals surface area contributed by atoms with Crippen LogP contribution >= 0.6 is 11.8 Å². The first-order valence-corrected chi connectivity index (χ1v) is 7.87. The van der Waals surface area contributed by atoms with E-state index in [4.69, 9.17) is 0 Å². The molecule has 0 radical (unpaired) electrons. The van der Waals surface area contributed by atoms with Crippen molar-refractivity contribution in [1.29, 1.82) is 5.26 Å². The third-order valence-electron chi connectivity index (χ3n) is 3.98. The number of thioether (sulfide) groups is 1. The van der Waals surface area contributed by atoms with Crippen LogP contribution in [-0.4, -0.2) is 17.3 Å². The van der Waals surface area contributed by atoms with Crippen LogP contribution in [0.5, 0.6) is 0 Å². The minimum Gasteiger partial charge on any atom is -0.300 e. The number of nitrogens with one attached hydrogen (secondary N) is 1. The highest BCUT2D eigenvalue weighted by Gasteiger charge is 2.39. The average Bonchev–Trinajstić information content (AvgIpc) is 2.78. The average molecular weight is 274 g/mol. The Labute approximate surface area is 120 Å². The third-order valence-corrected chi connectivity index (χ3v) is 5.24. The molecule has 2 rings (SSSR count). The van der Waals surface area contributed by atoms with E-state index >= 15 is 0 Å². The summed E-state index contributed by atoms with van der Waals surface area (Å²) in [6, 6.07) is 9.14. The van der Waals surface area contributed by atoms with Crippen molar-refractivity contribution in [2.75, 3.05) is 6.54 Å². The molecule has 0 spiro atoms. The van der Waals surface area contributed by atoms with Crippen molar-refractivity contribution < 1.29 is 0 Å². The third kappa shape index (κ3) is 3.32. The molecule has 102 valence electrons. The van der Waals surface area contributed by atoms with Gasteiger partial charge in [0, 0.05) is 10.1 Å². The first-order valence-electron chi connectivity index (χ1n) is 6.99. The summed E-state index contributed by atoms with van der Waals surface area (Å²) in [5.74, 6) is 0. The van der Waals surface area contributed by atoms with Crippen molar-refractivity contribution in [3.8, 4) is 6.07 Å². The number of hydrogen-bond acceptors (Lipinski definition) is 3. The van der Waals surface area contributed by atoms with Crippen LogP contribution in [0, 0.1) is 25.2 Å². The summed E-state index contributed by atoms with van der Waals surface area (Å²) >= 11 is 1.93. The second kappa shape index (κ2) is 5.98. The normalized spacial score (nSPS) is 26.3. The van der Waals surface area contributed by atoms with Crippen LogP contribution in [-0.2, 0) is 0 Å². The Morgan fingerprint density at radius 2 is 2.21 bits per heavy atom. The Hall–Kier alpha value is -0.980. The fourth-order valence-electron chi connectivity index (χ4n) is 2.72. The highest BCUT2D eigenvalue weighted by molar-refractivity contribution is 8.00. The Kier molecular flexibility index (Phi) is 4.54. The molecule has 1 N–H and O–H groups in total. The van der Waals surface area contributed by atoms with Gasteiger partial charge in [0.15, 0.2) is 0 Å². The highest BCUT2D eigenvalue weighted by atomic mass is 32.2. The van der Waals surface area contributed by atoms with Gasteiger partial charge in [0.1, 0.15) is 5.54 Å². The Morgan fingerprint density at radius 1 is 1.42 bits per heavy atom. The highest BCUT2D eigenvalue weighted by Crippen LogP contribution is 2.40. The smallest absolute Gasteiger partial charge is 0.107 e. The van der Waals surface area contributed by atoms with Crippen LogP contribution in [0.15, 0.2) is 23.1 Å². The number of nitriles is 1. The zero-order valence-corrected chi connectivity index (χ0v) is 12.8. The number of aryl methyl sites for hydroxylation is 2. The Bertz CT molecular complexity index is 492. The van der Waals surface area contributed by atoms with Crippen LogP contribution in [0.1, 0.15) is 37.3 Å².